The minimum atomic E-state index is -4.26. The molecular weight excluding hydrogens is 217 g/mol. The molecule has 2 N–H and O–H groups in total. The van der Waals surface area contributed by atoms with E-state index in [9.17, 15) is 13.2 Å². The van der Waals surface area contributed by atoms with E-state index in [1.54, 1.807) is 19.9 Å². The van der Waals surface area contributed by atoms with Gasteiger partial charge in [0, 0.05) is 11.9 Å². The molecule has 1 unspecified atom stereocenters. The van der Waals surface area contributed by atoms with Crippen molar-refractivity contribution in [2.75, 3.05) is 6.54 Å². The van der Waals surface area contributed by atoms with Gasteiger partial charge in [0.15, 0.2) is 0 Å². The Hall–Kier alpha value is -1.10. The zero-order chi connectivity index (χ0) is 12.3. The average Bonchev–Trinajstić information content (AvgIpc) is 2.13. The molecule has 1 atom stereocenters. The minimum absolute atomic E-state index is 0.0114. The summed E-state index contributed by atoms with van der Waals surface area (Å²) in [6.07, 6.45) is -3.06. The van der Waals surface area contributed by atoms with E-state index in [1.165, 1.54) is 6.20 Å². The lowest BCUT2D eigenvalue weighted by Crippen LogP contribution is -2.24. The molecule has 1 heterocycles. The Morgan fingerprint density at radius 1 is 1.38 bits per heavy atom. The van der Waals surface area contributed by atoms with Crippen molar-refractivity contribution in [1.29, 1.82) is 0 Å². The number of nitrogens with two attached hydrogens (primary N) is 1. The van der Waals surface area contributed by atoms with E-state index < -0.39 is 12.1 Å². The van der Waals surface area contributed by atoms with Crippen LogP contribution in [0.25, 0.3) is 0 Å². The third-order valence-electron chi connectivity index (χ3n) is 2.51. The topological polar surface area (TPSA) is 38.9 Å². The molecule has 0 aliphatic rings. The van der Waals surface area contributed by atoms with Crippen LogP contribution in [-0.4, -0.2) is 17.7 Å². The van der Waals surface area contributed by atoms with Crippen LogP contribution in [0.1, 0.15) is 29.2 Å². The first-order valence-corrected chi connectivity index (χ1v) is 5.06. The standard InChI is InChI=1S/C11H15F3N2/c1-7-5-8(2)16-6-9(7)10(3-4-15)11(12,13)14/h5-6,10H,3-4,15H2,1-2H3. The summed E-state index contributed by atoms with van der Waals surface area (Å²) in [5.74, 6) is -1.51. The van der Waals surface area contributed by atoms with Gasteiger partial charge in [-0.2, -0.15) is 13.2 Å². The zero-order valence-electron chi connectivity index (χ0n) is 9.30. The van der Waals surface area contributed by atoms with Gasteiger partial charge in [0.25, 0.3) is 0 Å². The number of halogens is 3. The van der Waals surface area contributed by atoms with E-state index in [1.807, 2.05) is 0 Å². The van der Waals surface area contributed by atoms with Gasteiger partial charge in [0.05, 0.1) is 5.92 Å². The van der Waals surface area contributed by atoms with Crippen molar-refractivity contribution in [2.45, 2.75) is 32.4 Å². The maximum atomic E-state index is 12.8. The molecule has 0 aliphatic carbocycles. The van der Waals surface area contributed by atoms with E-state index >= 15 is 0 Å². The van der Waals surface area contributed by atoms with E-state index in [0.29, 0.717) is 5.56 Å². The second kappa shape index (κ2) is 4.82. The van der Waals surface area contributed by atoms with E-state index in [-0.39, 0.29) is 18.5 Å². The predicted molar refractivity (Wildman–Crippen MR) is 56.2 cm³/mol. The van der Waals surface area contributed by atoms with Crippen molar-refractivity contribution >= 4 is 0 Å². The van der Waals surface area contributed by atoms with Crippen LogP contribution >= 0.6 is 0 Å². The Bertz CT molecular complexity index is 361. The molecule has 1 rings (SSSR count). The first-order chi connectivity index (χ1) is 7.36. The third-order valence-corrected chi connectivity index (χ3v) is 2.51. The van der Waals surface area contributed by atoms with Gasteiger partial charge >= 0.3 is 6.18 Å². The molecule has 0 fully saturated rings. The highest BCUT2D eigenvalue weighted by Gasteiger charge is 2.40. The quantitative estimate of drug-likeness (QED) is 0.870. The van der Waals surface area contributed by atoms with Crippen molar-refractivity contribution in [3.8, 4) is 0 Å². The average molecular weight is 232 g/mol. The van der Waals surface area contributed by atoms with Gasteiger partial charge in [-0.3, -0.25) is 4.98 Å². The highest BCUT2D eigenvalue weighted by atomic mass is 19.4. The van der Waals surface area contributed by atoms with E-state index in [0.717, 1.165) is 5.69 Å². The molecular formula is C11H15F3N2. The summed E-state index contributed by atoms with van der Waals surface area (Å²) in [5.41, 5.74) is 6.78. The number of pyridine rings is 1. The van der Waals surface area contributed by atoms with Gasteiger partial charge in [0.1, 0.15) is 0 Å². The van der Waals surface area contributed by atoms with Crippen molar-refractivity contribution in [2.24, 2.45) is 5.73 Å². The van der Waals surface area contributed by atoms with E-state index in [4.69, 9.17) is 5.73 Å². The number of alkyl halides is 3. The van der Waals surface area contributed by atoms with Gasteiger partial charge in [-0.25, -0.2) is 0 Å². The summed E-state index contributed by atoms with van der Waals surface area (Å²) < 4.78 is 38.4. The van der Waals surface area contributed by atoms with Gasteiger partial charge < -0.3 is 5.73 Å². The van der Waals surface area contributed by atoms with Crippen LogP contribution in [0.3, 0.4) is 0 Å². The summed E-state index contributed by atoms with van der Waals surface area (Å²) in [5, 5.41) is 0. The normalized spacial score (nSPS) is 13.9. The summed E-state index contributed by atoms with van der Waals surface area (Å²) in [7, 11) is 0. The number of aromatic nitrogens is 1. The SMILES string of the molecule is Cc1cc(C)c(C(CCN)C(F)(F)F)cn1. The van der Waals surface area contributed by atoms with Crippen LogP contribution in [0.5, 0.6) is 0 Å². The Morgan fingerprint density at radius 3 is 2.44 bits per heavy atom. The molecule has 5 heteroatoms. The Labute approximate surface area is 92.7 Å². The molecule has 0 aromatic carbocycles. The molecule has 16 heavy (non-hydrogen) atoms. The van der Waals surface area contributed by atoms with Crippen LogP contribution in [0.4, 0.5) is 13.2 Å². The molecule has 1 aromatic heterocycles. The summed E-state index contributed by atoms with van der Waals surface area (Å²) in [4.78, 5) is 3.92. The fourth-order valence-electron chi connectivity index (χ4n) is 1.73. The first-order valence-electron chi connectivity index (χ1n) is 5.06. The van der Waals surface area contributed by atoms with E-state index in [2.05, 4.69) is 4.98 Å². The fraction of sp³-hybridized carbons (Fsp3) is 0.545. The predicted octanol–water partition coefficient (Wildman–Crippen LogP) is 2.69. The number of hydrogen-bond acceptors (Lipinski definition) is 2. The van der Waals surface area contributed by atoms with Crippen LogP contribution in [0, 0.1) is 13.8 Å². The second-order valence-corrected chi connectivity index (χ2v) is 3.85. The summed E-state index contributed by atoms with van der Waals surface area (Å²) in [6.45, 7) is 3.43. The number of aryl methyl sites for hydroxylation is 2. The number of rotatable bonds is 3. The lowest BCUT2D eigenvalue weighted by atomic mass is 9.93. The van der Waals surface area contributed by atoms with Crippen LogP contribution in [0.15, 0.2) is 12.3 Å². The molecule has 0 aliphatic heterocycles. The maximum Gasteiger partial charge on any atom is 0.395 e. The third kappa shape index (κ3) is 2.95. The minimum Gasteiger partial charge on any atom is -0.330 e. The zero-order valence-corrected chi connectivity index (χ0v) is 9.30. The van der Waals surface area contributed by atoms with Crippen LogP contribution < -0.4 is 5.73 Å². The number of nitrogens with zero attached hydrogens (tertiary/aromatic N) is 1. The van der Waals surface area contributed by atoms with Crippen molar-refractivity contribution in [3.05, 3.63) is 29.1 Å². The Morgan fingerprint density at radius 2 is 2.00 bits per heavy atom. The van der Waals surface area contributed by atoms with Crippen molar-refractivity contribution < 1.29 is 13.2 Å². The molecule has 0 spiro atoms. The molecule has 0 saturated heterocycles. The maximum absolute atomic E-state index is 12.8. The smallest absolute Gasteiger partial charge is 0.330 e. The van der Waals surface area contributed by atoms with Crippen molar-refractivity contribution in [3.63, 3.8) is 0 Å². The molecule has 1 aromatic rings. The monoisotopic (exact) mass is 232 g/mol. The summed E-state index contributed by atoms with van der Waals surface area (Å²) in [6, 6.07) is 1.66. The van der Waals surface area contributed by atoms with Crippen LogP contribution in [-0.2, 0) is 0 Å². The fourth-order valence-corrected chi connectivity index (χ4v) is 1.73. The first kappa shape index (κ1) is 13.0. The Kier molecular flexibility index (Phi) is 3.91. The van der Waals surface area contributed by atoms with Gasteiger partial charge in [0.2, 0.25) is 0 Å². The van der Waals surface area contributed by atoms with Gasteiger partial charge in [-0.15, -0.1) is 0 Å². The lowest BCUT2D eigenvalue weighted by Gasteiger charge is -2.21. The largest absolute Gasteiger partial charge is 0.395 e. The lowest BCUT2D eigenvalue weighted by molar-refractivity contribution is -0.151. The summed E-state index contributed by atoms with van der Waals surface area (Å²) >= 11 is 0. The second-order valence-electron chi connectivity index (χ2n) is 3.85. The number of hydrogen-bond donors (Lipinski definition) is 1. The molecule has 2 nitrogen and oxygen atoms in total. The van der Waals surface area contributed by atoms with Crippen LogP contribution in [0.2, 0.25) is 0 Å². The van der Waals surface area contributed by atoms with Gasteiger partial charge in [-0.05, 0) is 44.0 Å². The Balaban J connectivity index is 3.11. The van der Waals surface area contributed by atoms with Gasteiger partial charge in [-0.1, -0.05) is 0 Å². The molecule has 0 saturated carbocycles. The molecule has 0 bridgehead atoms. The molecule has 0 radical (unpaired) electrons. The van der Waals surface area contributed by atoms with Crippen molar-refractivity contribution in [1.82, 2.24) is 4.98 Å². The highest BCUT2D eigenvalue weighted by Crippen LogP contribution is 2.38. The highest BCUT2D eigenvalue weighted by molar-refractivity contribution is 5.29. The molecule has 90 valence electrons. The molecule has 0 amide bonds.